The molecule has 2 aromatic rings. The van der Waals surface area contributed by atoms with E-state index >= 15 is 0 Å². The van der Waals surface area contributed by atoms with Crippen molar-refractivity contribution in [2.24, 2.45) is 0 Å². The molecule has 2 heterocycles. The molecule has 0 saturated heterocycles. The Labute approximate surface area is 139 Å². The van der Waals surface area contributed by atoms with Crippen LogP contribution in [0.4, 0.5) is 4.79 Å². The number of furan rings is 1. The van der Waals surface area contributed by atoms with E-state index < -0.39 is 10.8 Å². The summed E-state index contributed by atoms with van der Waals surface area (Å²) in [6.07, 6.45) is 0.343. The Balaban J connectivity index is 1.88. The second-order valence-electron chi connectivity index (χ2n) is 6.64. The summed E-state index contributed by atoms with van der Waals surface area (Å²) in [4.78, 5) is 25.1. The summed E-state index contributed by atoms with van der Waals surface area (Å²) >= 11 is 5.51. The average Bonchev–Trinajstić information content (AvgIpc) is 2.81. The number of carbonyl (C=O) groups excluding carboxylic acids is 2. The summed E-state index contributed by atoms with van der Waals surface area (Å²) in [5.74, 6) is 0.733. The Kier molecular flexibility index (Phi) is 3.84. The van der Waals surface area contributed by atoms with Crippen molar-refractivity contribution in [3.63, 3.8) is 0 Å². The predicted octanol–water partition coefficient (Wildman–Crippen LogP) is 4.11. The lowest BCUT2D eigenvalue weighted by atomic mass is 10.0. The molecule has 1 amide bonds. The normalized spacial score (nSPS) is 14.7. The van der Waals surface area contributed by atoms with Gasteiger partial charge in [0.05, 0.1) is 6.54 Å². The van der Waals surface area contributed by atoms with Crippen LogP contribution >= 0.6 is 11.6 Å². The van der Waals surface area contributed by atoms with Gasteiger partial charge in [-0.15, -0.1) is 0 Å². The molecule has 0 N–H and O–H groups in total. The molecule has 1 aromatic heterocycles. The van der Waals surface area contributed by atoms with E-state index in [4.69, 9.17) is 20.8 Å². The van der Waals surface area contributed by atoms with Gasteiger partial charge in [0.25, 0.3) is 5.24 Å². The maximum atomic E-state index is 12.2. The minimum absolute atomic E-state index is 0.347. The molecule has 0 unspecified atom stereocenters. The maximum Gasteiger partial charge on any atom is 0.410 e. The SMILES string of the molecule is CC(C)(C)OC(=O)N1CCc2c(oc3cc(C(=O)Cl)ccc23)C1. The first-order valence-electron chi connectivity index (χ1n) is 7.46. The zero-order valence-corrected chi connectivity index (χ0v) is 14.1. The Morgan fingerprint density at radius 2 is 2.04 bits per heavy atom. The zero-order chi connectivity index (χ0) is 16.8. The van der Waals surface area contributed by atoms with Gasteiger partial charge in [0.1, 0.15) is 16.9 Å². The van der Waals surface area contributed by atoms with Crippen LogP contribution < -0.4 is 0 Å². The smallest absolute Gasteiger partial charge is 0.410 e. The number of carbonyl (C=O) groups is 2. The molecule has 0 fully saturated rings. The summed E-state index contributed by atoms with van der Waals surface area (Å²) in [6.45, 7) is 6.46. The van der Waals surface area contributed by atoms with E-state index in [1.807, 2.05) is 26.8 Å². The standard InChI is InChI=1S/C17H18ClNO4/c1-17(2,3)23-16(21)19-7-6-12-11-5-4-10(15(18)20)8-13(11)22-14(12)9-19/h4-5,8H,6-7,9H2,1-3H3. The number of fused-ring (bicyclic) bond motifs is 3. The molecule has 0 aliphatic carbocycles. The van der Waals surface area contributed by atoms with Gasteiger partial charge in [0.15, 0.2) is 0 Å². The Hall–Kier alpha value is -2.01. The van der Waals surface area contributed by atoms with Crippen molar-refractivity contribution in [3.05, 3.63) is 35.1 Å². The second kappa shape index (κ2) is 5.57. The van der Waals surface area contributed by atoms with E-state index in [1.165, 1.54) is 0 Å². The van der Waals surface area contributed by atoms with Gasteiger partial charge < -0.3 is 14.1 Å². The first-order valence-corrected chi connectivity index (χ1v) is 7.84. The van der Waals surface area contributed by atoms with Crippen LogP contribution in [0.2, 0.25) is 0 Å². The molecular formula is C17H18ClNO4. The van der Waals surface area contributed by atoms with Crippen molar-refractivity contribution in [3.8, 4) is 0 Å². The number of nitrogens with zero attached hydrogens (tertiary/aromatic N) is 1. The molecule has 0 spiro atoms. The third-order valence-electron chi connectivity index (χ3n) is 3.72. The second-order valence-corrected chi connectivity index (χ2v) is 6.98. The summed E-state index contributed by atoms with van der Waals surface area (Å²) in [5.41, 5.74) is 1.57. The molecule has 0 saturated carbocycles. The highest BCUT2D eigenvalue weighted by Crippen LogP contribution is 2.32. The number of amides is 1. The van der Waals surface area contributed by atoms with Crippen LogP contribution in [0.15, 0.2) is 22.6 Å². The molecular weight excluding hydrogens is 318 g/mol. The van der Waals surface area contributed by atoms with Crippen LogP contribution in [0.5, 0.6) is 0 Å². The molecule has 0 radical (unpaired) electrons. The molecule has 0 bridgehead atoms. The van der Waals surface area contributed by atoms with Gasteiger partial charge in [-0.3, -0.25) is 4.79 Å². The fraction of sp³-hybridized carbons (Fsp3) is 0.412. The van der Waals surface area contributed by atoms with E-state index in [0.717, 1.165) is 16.7 Å². The lowest BCUT2D eigenvalue weighted by molar-refractivity contribution is 0.0210. The fourth-order valence-corrected chi connectivity index (χ4v) is 2.82. The van der Waals surface area contributed by atoms with E-state index in [1.54, 1.807) is 17.0 Å². The first kappa shape index (κ1) is 15.9. The van der Waals surface area contributed by atoms with Crippen molar-refractivity contribution >= 4 is 33.9 Å². The number of rotatable bonds is 1. The molecule has 122 valence electrons. The topological polar surface area (TPSA) is 59.8 Å². The molecule has 0 atom stereocenters. The van der Waals surface area contributed by atoms with Gasteiger partial charge in [-0.25, -0.2) is 4.79 Å². The molecule has 5 nitrogen and oxygen atoms in total. The summed E-state index contributed by atoms with van der Waals surface area (Å²) < 4.78 is 11.2. The summed E-state index contributed by atoms with van der Waals surface area (Å²) in [7, 11) is 0. The van der Waals surface area contributed by atoms with Crippen LogP contribution in [0, 0.1) is 0 Å². The third-order valence-corrected chi connectivity index (χ3v) is 3.94. The highest BCUT2D eigenvalue weighted by atomic mass is 35.5. The molecule has 1 aliphatic heterocycles. The van der Waals surface area contributed by atoms with Gasteiger partial charge in [-0.05, 0) is 50.9 Å². The van der Waals surface area contributed by atoms with Crippen LogP contribution in [0.3, 0.4) is 0 Å². The maximum absolute atomic E-state index is 12.2. The highest BCUT2D eigenvalue weighted by molar-refractivity contribution is 6.67. The summed E-state index contributed by atoms with van der Waals surface area (Å²) in [6, 6.07) is 5.17. The molecule has 3 rings (SSSR count). The van der Waals surface area contributed by atoms with Crippen molar-refractivity contribution in [1.82, 2.24) is 4.90 Å². The van der Waals surface area contributed by atoms with Gasteiger partial charge in [-0.1, -0.05) is 6.07 Å². The van der Waals surface area contributed by atoms with E-state index in [-0.39, 0.29) is 6.09 Å². The van der Waals surface area contributed by atoms with Gasteiger partial charge >= 0.3 is 6.09 Å². The largest absolute Gasteiger partial charge is 0.459 e. The quantitative estimate of drug-likeness (QED) is 0.736. The molecule has 23 heavy (non-hydrogen) atoms. The zero-order valence-electron chi connectivity index (χ0n) is 13.3. The van der Waals surface area contributed by atoms with E-state index in [0.29, 0.717) is 30.7 Å². The average molecular weight is 336 g/mol. The number of hydrogen-bond donors (Lipinski definition) is 0. The van der Waals surface area contributed by atoms with Crippen molar-refractivity contribution in [2.75, 3.05) is 6.54 Å². The number of halogens is 1. The predicted molar refractivity (Wildman–Crippen MR) is 86.7 cm³/mol. The minimum Gasteiger partial charge on any atom is -0.459 e. The Bertz CT molecular complexity index is 788. The van der Waals surface area contributed by atoms with Crippen molar-refractivity contribution in [2.45, 2.75) is 39.3 Å². The van der Waals surface area contributed by atoms with Gasteiger partial charge in [0.2, 0.25) is 0 Å². The lowest BCUT2D eigenvalue weighted by Gasteiger charge is -2.29. The first-order chi connectivity index (χ1) is 10.7. The lowest BCUT2D eigenvalue weighted by Crippen LogP contribution is -2.39. The molecule has 6 heteroatoms. The Morgan fingerprint density at radius 1 is 1.30 bits per heavy atom. The van der Waals surface area contributed by atoms with Crippen LogP contribution in [-0.2, 0) is 17.7 Å². The van der Waals surface area contributed by atoms with Gasteiger partial charge in [0, 0.05) is 23.1 Å². The van der Waals surface area contributed by atoms with Gasteiger partial charge in [-0.2, -0.15) is 0 Å². The molecule has 1 aromatic carbocycles. The van der Waals surface area contributed by atoms with Crippen molar-refractivity contribution in [1.29, 1.82) is 0 Å². The van der Waals surface area contributed by atoms with E-state index in [9.17, 15) is 9.59 Å². The van der Waals surface area contributed by atoms with Crippen LogP contribution in [0.25, 0.3) is 11.0 Å². The minimum atomic E-state index is -0.527. The highest BCUT2D eigenvalue weighted by Gasteiger charge is 2.29. The number of hydrogen-bond acceptors (Lipinski definition) is 4. The summed E-state index contributed by atoms with van der Waals surface area (Å²) in [5, 5.41) is 0.446. The monoisotopic (exact) mass is 335 g/mol. The van der Waals surface area contributed by atoms with E-state index in [2.05, 4.69) is 0 Å². The fourth-order valence-electron chi connectivity index (χ4n) is 2.71. The molecule has 1 aliphatic rings. The third kappa shape index (κ3) is 3.20. The van der Waals surface area contributed by atoms with Crippen LogP contribution in [0.1, 0.15) is 42.5 Å². The number of benzene rings is 1. The Morgan fingerprint density at radius 3 is 2.70 bits per heavy atom. The number of ether oxygens (including phenoxy) is 1. The van der Waals surface area contributed by atoms with Crippen molar-refractivity contribution < 1.29 is 18.7 Å². The van der Waals surface area contributed by atoms with Crippen LogP contribution in [-0.4, -0.2) is 28.4 Å².